The molecule has 0 fully saturated rings. The fourth-order valence-electron chi connectivity index (χ4n) is 5.57. The molecule has 0 heterocycles. The Kier molecular flexibility index (Phi) is 19.8. The van der Waals surface area contributed by atoms with Crippen molar-refractivity contribution in [3.8, 4) is 11.5 Å². The van der Waals surface area contributed by atoms with Gasteiger partial charge >= 0.3 is 31.4 Å². The van der Waals surface area contributed by atoms with Gasteiger partial charge in [-0.1, -0.05) is 144 Å². The Balaban J connectivity index is 0.000000882. The van der Waals surface area contributed by atoms with E-state index >= 15 is 0 Å². The molecule has 0 aliphatic carbocycles. The van der Waals surface area contributed by atoms with Crippen molar-refractivity contribution < 1.29 is 49.5 Å². The van der Waals surface area contributed by atoms with E-state index < -0.39 is 11.9 Å². The zero-order chi connectivity index (χ0) is 35.2. The Hall–Kier alpha value is -2.40. The van der Waals surface area contributed by atoms with Gasteiger partial charge in [-0.2, -0.15) is 0 Å². The summed E-state index contributed by atoms with van der Waals surface area (Å²) >= 11 is 0. The minimum atomic E-state index is -1.13. The molecule has 47 heavy (non-hydrogen) atoms. The van der Waals surface area contributed by atoms with Crippen LogP contribution in [0.25, 0.3) is 0 Å². The minimum absolute atomic E-state index is 0. The summed E-state index contributed by atoms with van der Waals surface area (Å²) in [6.07, 6.45) is 13.5. The zero-order valence-electron chi connectivity index (χ0n) is 31.2. The van der Waals surface area contributed by atoms with E-state index in [1.54, 1.807) is 12.1 Å². The summed E-state index contributed by atoms with van der Waals surface area (Å²) in [5.74, 6) is -1.42. The van der Waals surface area contributed by atoms with Crippen LogP contribution in [0.2, 0.25) is 0 Å². The second-order valence-corrected chi connectivity index (χ2v) is 15.8. The number of carboxylic acids is 2. The summed E-state index contributed by atoms with van der Waals surface area (Å²) in [5.41, 5.74) is 2.29. The first-order valence-electron chi connectivity index (χ1n) is 17.4. The number of aryl methyl sites for hydroxylation is 2. The van der Waals surface area contributed by atoms with Crippen LogP contribution in [0.1, 0.15) is 176 Å². The Bertz CT molecular complexity index is 1150. The van der Waals surface area contributed by atoms with Gasteiger partial charge in [0.25, 0.3) is 0 Å². The molecule has 0 spiro atoms. The zero-order valence-corrected chi connectivity index (χ0v) is 34.2. The van der Waals surface area contributed by atoms with Crippen LogP contribution >= 0.6 is 0 Å². The predicted octanol–water partition coefficient (Wildman–Crippen LogP) is 9.81. The topological polar surface area (TPSA) is 121 Å². The number of hydrogen-bond acceptors (Lipinski definition) is 4. The first-order valence-corrected chi connectivity index (χ1v) is 17.4. The van der Waals surface area contributed by atoms with Gasteiger partial charge in [-0.05, 0) is 82.7 Å². The summed E-state index contributed by atoms with van der Waals surface area (Å²) in [4.78, 5) is 22.7. The van der Waals surface area contributed by atoms with Crippen molar-refractivity contribution in [2.45, 2.75) is 157 Å². The number of carboxylic acid groups (broad SMARTS) is 2. The molecule has 0 aromatic heterocycles. The second-order valence-electron chi connectivity index (χ2n) is 15.8. The van der Waals surface area contributed by atoms with Gasteiger partial charge in [0.2, 0.25) is 0 Å². The SMILES string of the molecule is CC(C)CCCCCCc1cc(C(=O)O)c([O-])c(C(C)(C)C)c1.CC(C)CCCCCCc1cc(C(=O)O)c([O-])c(C(C)(C)C)c1.[Zn+2]. The smallest absolute Gasteiger partial charge is 0.872 e. The molecular formula is C40H62O6Zn. The molecule has 2 aromatic rings. The molecule has 2 rings (SSSR count). The molecule has 0 amide bonds. The van der Waals surface area contributed by atoms with E-state index in [-0.39, 0.29) is 52.9 Å². The first-order chi connectivity index (χ1) is 21.2. The third kappa shape index (κ3) is 16.5. The normalized spacial score (nSPS) is 11.7. The Morgan fingerprint density at radius 2 is 0.872 bits per heavy atom. The minimum Gasteiger partial charge on any atom is -0.872 e. The summed E-state index contributed by atoms with van der Waals surface area (Å²) in [6.45, 7) is 20.7. The number of hydrogen-bond donors (Lipinski definition) is 2. The molecule has 0 saturated carbocycles. The molecule has 260 valence electrons. The van der Waals surface area contributed by atoms with Crippen LogP contribution in [0.3, 0.4) is 0 Å². The Labute approximate surface area is 298 Å². The van der Waals surface area contributed by atoms with E-state index in [1.807, 2.05) is 53.7 Å². The van der Waals surface area contributed by atoms with Crippen molar-refractivity contribution in [1.82, 2.24) is 0 Å². The van der Waals surface area contributed by atoms with Gasteiger partial charge in [-0.3, -0.25) is 0 Å². The monoisotopic (exact) mass is 702 g/mol. The largest absolute Gasteiger partial charge is 2.00 e. The van der Waals surface area contributed by atoms with Gasteiger partial charge in [0.15, 0.2) is 0 Å². The molecule has 0 atom stereocenters. The van der Waals surface area contributed by atoms with E-state index in [9.17, 15) is 30.0 Å². The molecule has 0 aliphatic heterocycles. The van der Waals surface area contributed by atoms with Gasteiger partial charge in [0.05, 0.1) is 11.1 Å². The first kappa shape index (κ1) is 44.6. The van der Waals surface area contributed by atoms with Crippen LogP contribution in [0.15, 0.2) is 24.3 Å². The van der Waals surface area contributed by atoms with Gasteiger partial charge in [0, 0.05) is 0 Å². The number of benzene rings is 2. The van der Waals surface area contributed by atoms with Gasteiger partial charge < -0.3 is 20.4 Å². The molecule has 2 aromatic carbocycles. The molecule has 0 unspecified atom stereocenters. The van der Waals surface area contributed by atoms with Crippen molar-refractivity contribution in [3.05, 3.63) is 57.6 Å². The van der Waals surface area contributed by atoms with Crippen LogP contribution in [-0.2, 0) is 43.1 Å². The van der Waals surface area contributed by atoms with Gasteiger partial charge in [-0.15, -0.1) is 0 Å². The van der Waals surface area contributed by atoms with Crippen molar-refractivity contribution in [3.63, 3.8) is 0 Å². The van der Waals surface area contributed by atoms with Crippen molar-refractivity contribution >= 4 is 11.9 Å². The molecule has 7 heteroatoms. The van der Waals surface area contributed by atoms with Gasteiger partial charge in [-0.25, -0.2) is 9.59 Å². The predicted molar refractivity (Wildman–Crippen MR) is 186 cm³/mol. The fourth-order valence-corrected chi connectivity index (χ4v) is 5.57. The third-order valence-corrected chi connectivity index (χ3v) is 8.37. The van der Waals surface area contributed by atoms with E-state index in [0.717, 1.165) is 61.5 Å². The molecule has 0 saturated heterocycles. The maximum Gasteiger partial charge on any atom is 2.00 e. The number of unbranched alkanes of at least 4 members (excludes halogenated alkanes) is 6. The maximum absolute atomic E-state index is 12.3. The fraction of sp³-hybridized carbons (Fsp3) is 0.650. The maximum atomic E-state index is 12.3. The summed E-state index contributed by atoms with van der Waals surface area (Å²) in [7, 11) is 0. The number of aromatic carboxylic acids is 2. The van der Waals surface area contributed by atoms with Crippen LogP contribution < -0.4 is 10.2 Å². The summed E-state index contributed by atoms with van der Waals surface area (Å²) in [6, 6.07) is 6.94. The molecule has 2 N–H and O–H groups in total. The summed E-state index contributed by atoms with van der Waals surface area (Å²) < 4.78 is 0. The Morgan fingerprint density at radius 1 is 0.574 bits per heavy atom. The average molecular weight is 704 g/mol. The molecule has 0 radical (unpaired) electrons. The van der Waals surface area contributed by atoms with Crippen LogP contribution in [0.5, 0.6) is 11.5 Å². The molecule has 0 aliphatic rings. The molecule has 6 nitrogen and oxygen atoms in total. The van der Waals surface area contributed by atoms with Crippen molar-refractivity contribution in [2.24, 2.45) is 11.8 Å². The average Bonchev–Trinajstić information content (AvgIpc) is 2.92. The van der Waals surface area contributed by atoms with Crippen molar-refractivity contribution in [1.29, 1.82) is 0 Å². The Morgan fingerprint density at radius 3 is 1.13 bits per heavy atom. The van der Waals surface area contributed by atoms with E-state index in [2.05, 4.69) is 27.7 Å². The van der Waals surface area contributed by atoms with Gasteiger partial charge in [0.1, 0.15) is 0 Å². The second kappa shape index (κ2) is 20.9. The summed E-state index contributed by atoms with van der Waals surface area (Å²) in [5, 5.41) is 43.2. The standard InChI is InChI=1S/2C20H32O3.Zn/c2*1-14(2)10-8-6-7-9-11-15-12-16(19(22)23)18(21)17(13-15)20(3,4)5;/h2*12-14,21H,6-11H2,1-5H3,(H,22,23);/q;;+2/p-2. The van der Waals surface area contributed by atoms with Crippen molar-refractivity contribution in [2.75, 3.05) is 0 Å². The van der Waals surface area contributed by atoms with E-state index in [0.29, 0.717) is 11.1 Å². The van der Waals surface area contributed by atoms with Crippen LogP contribution in [0.4, 0.5) is 0 Å². The molecule has 0 bridgehead atoms. The quantitative estimate of drug-likeness (QED) is 0.133. The number of rotatable bonds is 16. The molecular weight excluding hydrogens is 642 g/mol. The number of carbonyl (C=O) groups is 2. The van der Waals surface area contributed by atoms with E-state index in [1.165, 1.54) is 38.5 Å². The van der Waals surface area contributed by atoms with Crippen LogP contribution in [-0.4, -0.2) is 22.2 Å². The van der Waals surface area contributed by atoms with Crippen LogP contribution in [0, 0.1) is 11.8 Å². The third-order valence-electron chi connectivity index (χ3n) is 8.37. The van der Waals surface area contributed by atoms with E-state index in [4.69, 9.17) is 0 Å².